The third-order valence-corrected chi connectivity index (χ3v) is 4.78. The van der Waals surface area contributed by atoms with Crippen molar-refractivity contribution in [3.8, 4) is 5.75 Å². The van der Waals surface area contributed by atoms with Gasteiger partial charge in [-0.3, -0.25) is 9.59 Å². The number of hydrogen-bond acceptors (Lipinski definition) is 3. The quantitative estimate of drug-likeness (QED) is 0.700. The number of carbonyl (C=O) groups excluding carboxylic acids is 2. The van der Waals surface area contributed by atoms with E-state index in [0.29, 0.717) is 44.2 Å². The second-order valence-electron chi connectivity index (χ2n) is 6.51. The molecule has 6 heteroatoms. The van der Waals surface area contributed by atoms with Crippen LogP contribution in [-0.2, 0) is 9.59 Å². The molecule has 2 aromatic rings. The number of hydrogen-bond donors (Lipinski definition) is 0. The molecule has 1 aliphatic heterocycles. The fourth-order valence-electron chi connectivity index (χ4n) is 3.00. The Morgan fingerprint density at radius 2 is 1.89 bits per heavy atom. The van der Waals surface area contributed by atoms with E-state index in [1.165, 1.54) is 6.08 Å². The molecule has 28 heavy (non-hydrogen) atoms. The molecule has 2 aromatic carbocycles. The summed E-state index contributed by atoms with van der Waals surface area (Å²) in [5, 5.41) is 0.628. The molecule has 1 fully saturated rings. The fraction of sp³-hybridized carbons (Fsp3) is 0.273. The lowest BCUT2D eigenvalue weighted by Crippen LogP contribution is -2.37. The van der Waals surface area contributed by atoms with Crippen molar-refractivity contribution in [3.63, 3.8) is 0 Å². The summed E-state index contributed by atoms with van der Waals surface area (Å²) in [6.45, 7) is 2.38. The van der Waals surface area contributed by atoms with Gasteiger partial charge in [-0.2, -0.15) is 0 Å². The molecule has 2 amide bonds. The minimum Gasteiger partial charge on any atom is -0.492 e. The van der Waals surface area contributed by atoms with Gasteiger partial charge in [0.05, 0.1) is 6.54 Å². The summed E-state index contributed by atoms with van der Waals surface area (Å²) < 4.78 is 5.67. The molecule has 1 aliphatic rings. The van der Waals surface area contributed by atoms with E-state index in [0.717, 1.165) is 11.3 Å². The summed E-state index contributed by atoms with van der Waals surface area (Å²) in [5.41, 5.74) is 0.867. The Labute approximate surface area is 170 Å². The van der Waals surface area contributed by atoms with E-state index in [-0.39, 0.29) is 11.8 Å². The summed E-state index contributed by atoms with van der Waals surface area (Å²) in [5.74, 6) is 0.730. The van der Waals surface area contributed by atoms with Crippen LogP contribution < -0.4 is 4.74 Å². The highest BCUT2D eigenvalue weighted by Crippen LogP contribution is 2.13. The lowest BCUT2D eigenvalue weighted by Gasteiger charge is -2.21. The Bertz CT molecular complexity index is 839. The first-order valence-electron chi connectivity index (χ1n) is 9.30. The number of halogens is 1. The lowest BCUT2D eigenvalue weighted by atomic mass is 10.2. The largest absolute Gasteiger partial charge is 0.492 e. The van der Waals surface area contributed by atoms with E-state index in [1.807, 2.05) is 42.5 Å². The molecule has 0 aromatic heterocycles. The average Bonchev–Trinajstić information content (AvgIpc) is 2.89. The molecule has 0 radical (unpaired) electrons. The van der Waals surface area contributed by atoms with Gasteiger partial charge in [-0.05, 0) is 35.9 Å². The average molecular weight is 399 g/mol. The van der Waals surface area contributed by atoms with Gasteiger partial charge in [-0.25, -0.2) is 0 Å². The fourth-order valence-corrected chi connectivity index (χ4v) is 3.20. The molecule has 0 unspecified atom stereocenters. The van der Waals surface area contributed by atoms with Crippen molar-refractivity contribution in [2.75, 3.05) is 32.8 Å². The smallest absolute Gasteiger partial charge is 0.246 e. The van der Waals surface area contributed by atoms with Crippen LogP contribution in [-0.4, -0.2) is 54.4 Å². The first-order chi connectivity index (χ1) is 13.6. The Morgan fingerprint density at radius 3 is 2.68 bits per heavy atom. The van der Waals surface area contributed by atoms with Gasteiger partial charge in [0.1, 0.15) is 12.4 Å². The number of carbonyl (C=O) groups is 2. The minimum atomic E-state index is -0.102. The van der Waals surface area contributed by atoms with Crippen LogP contribution in [0.25, 0.3) is 6.08 Å². The van der Waals surface area contributed by atoms with E-state index in [4.69, 9.17) is 16.3 Å². The van der Waals surface area contributed by atoms with Crippen LogP contribution in [0.15, 0.2) is 60.7 Å². The molecule has 3 rings (SSSR count). The van der Waals surface area contributed by atoms with E-state index < -0.39 is 0 Å². The maximum absolute atomic E-state index is 12.5. The molecule has 0 bridgehead atoms. The predicted octanol–water partition coefficient (Wildman–Crippen LogP) is 3.49. The molecular weight excluding hydrogens is 376 g/mol. The summed E-state index contributed by atoms with van der Waals surface area (Å²) in [6, 6.07) is 16.8. The van der Waals surface area contributed by atoms with E-state index in [1.54, 1.807) is 28.0 Å². The number of rotatable bonds is 6. The van der Waals surface area contributed by atoms with Crippen molar-refractivity contribution in [1.82, 2.24) is 9.80 Å². The van der Waals surface area contributed by atoms with Gasteiger partial charge in [-0.1, -0.05) is 41.9 Å². The number of ether oxygens (including phenoxy) is 1. The van der Waals surface area contributed by atoms with Gasteiger partial charge in [0, 0.05) is 37.2 Å². The van der Waals surface area contributed by atoms with Gasteiger partial charge >= 0.3 is 0 Å². The van der Waals surface area contributed by atoms with Gasteiger partial charge in [0.25, 0.3) is 0 Å². The zero-order valence-corrected chi connectivity index (χ0v) is 16.3. The summed E-state index contributed by atoms with van der Waals surface area (Å²) >= 11 is 5.96. The SMILES string of the molecule is O=C(/C=C/c1cccc(Cl)c1)N1CCC(=O)N(CCOc2ccccc2)CC1. The van der Waals surface area contributed by atoms with Crippen LogP contribution in [0.5, 0.6) is 5.75 Å². The number of nitrogens with zero attached hydrogens (tertiary/aromatic N) is 2. The molecule has 146 valence electrons. The molecule has 0 spiro atoms. The van der Waals surface area contributed by atoms with Crippen LogP contribution in [0.1, 0.15) is 12.0 Å². The van der Waals surface area contributed by atoms with Gasteiger partial charge in [-0.15, -0.1) is 0 Å². The van der Waals surface area contributed by atoms with Gasteiger partial charge in [0.2, 0.25) is 11.8 Å². The van der Waals surface area contributed by atoms with E-state index >= 15 is 0 Å². The summed E-state index contributed by atoms with van der Waals surface area (Å²) in [4.78, 5) is 28.3. The molecule has 0 saturated carbocycles. The first-order valence-corrected chi connectivity index (χ1v) is 9.68. The highest BCUT2D eigenvalue weighted by atomic mass is 35.5. The third-order valence-electron chi connectivity index (χ3n) is 4.54. The van der Waals surface area contributed by atoms with Crippen molar-refractivity contribution in [2.24, 2.45) is 0 Å². The number of amides is 2. The van der Waals surface area contributed by atoms with Gasteiger partial charge in [0.15, 0.2) is 0 Å². The minimum absolute atomic E-state index is 0.0470. The third kappa shape index (κ3) is 5.86. The van der Waals surface area contributed by atoms with Crippen molar-refractivity contribution < 1.29 is 14.3 Å². The highest BCUT2D eigenvalue weighted by molar-refractivity contribution is 6.30. The molecule has 1 heterocycles. The Balaban J connectivity index is 1.50. The lowest BCUT2D eigenvalue weighted by molar-refractivity contribution is -0.130. The van der Waals surface area contributed by atoms with Gasteiger partial charge < -0.3 is 14.5 Å². The van der Waals surface area contributed by atoms with Crippen molar-refractivity contribution in [3.05, 3.63) is 71.3 Å². The number of benzene rings is 2. The normalized spacial score (nSPS) is 15.0. The standard InChI is InChI=1S/C22H23ClN2O3/c23-19-6-4-5-18(17-19)9-10-21(26)24-12-11-22(27)25(14-13-24)15-16-28-20-7-2-1-3-8-20/h1-10,17H,11-16H2/b10-9+. The Kier molecular flexibility index (Phi) is 7.09. The molecule has 0 aliphatic carbocycles. The molecule has 0 atom stereocenters. The van der Waals surface area contributed by atoms with Crippen LogP contribution >= 0.6 is 11.6 Å². The predicted molar refractivity (Wildman–Crippen MR) is 110 cm³/mol. The Morgan fingerprint density at radius 1 is 1.07 bits per heavy atom. The molecular formula is C22H23ClN2O3. The van der Waals surface area contributed by atoms with Crippen molar-refractivity contribution in [1.29, 1.82) is 0 Å². The van der Waals surface area contributed by atoms with Crippen molar-refractivity contribution in [2.45, 2.75) is 6.42 Å². The second-order valence-corrected chi connectivity index (χ2v) is 6.94. The maximum Gasteiger partial charge on any atom is 0.246 e. The summed E-state index contributed by atoms with van der Waals surface area (Å²) in [6.07, 6.45) is 3.60. The maximum atomic E-state index is 12.5. The van der Waals surface area contributed by atoms with Crippen LogP contribution in [0.3, 0.4) is 0 Å². The van der Waals surface area contributed by atoms with E-state index in [9.17, 15) is 9.59 Å². The molecule has 5 nitrogen and oxygen atoms in total. The zero-order chi connectivity index (χ0) is 19.8. The Hall–Kier alpha value is -2.79. The van der Waals surface area contributed by atoms with Crippen LogP contribution in [0.4, 0.5) is 0 Å². The van der Waals surface area contributed by atoms with E-state index in [2.05, 4.69) is 0 Å². The van der Waals surface area contributed by atoms with Crippen LogP contribution in [0, 0.1) is 0 Å². The number of para-hydroxylation sites is 1. The van der Waals surface area contributed by atoms with Crippen LogP contribution in [0.2, 0.25) is 5.02 Å². The zero-order valence-electron chi connectivity index (χ0n) is 15.6. The monoisotopic (exact) mass is 398 g/mol. The first kappa shape index (κ1) is 20.0. The highest BCUT2D eigenvalue weighted by Gasteiger charge is 2.22. The molecule has 0 N–H and O–H groups in total. The second kappa shape index (κ2) is 9.95. The topological polar surface area (TPSA) is 49.9 Å². The summed E-state index contributed by atoms with van der Waals surface area (Å²) in [7, 11) is 0. The van der Waals surface area contributed by atoms with Crippen molar-refractivity contribution >= 4 is 29.5 Å². The molecule has 1 saturated heterocycles.